The molecule has 20 heavy (non-hydrogen) atoms. The number of nitrogens with zero attached hydrogens (tertiary/aromatic N) is 2. The monoisotopic (exact) mass is 275 g/mol. The highest BCUT2D eigenvalue weighted by molar-refractivity contribution is 5.81. The number of hydrogen-bond donors (Lipinski definition) is 1. The molecule has 1 aromatic rings. The van der Waals surface area contributed by atoms with Gasteiger partial charge in [-0.3, -0.25) is 9.69 Å². The van der Waals surface area contributed by atoms with Crippen LogP contribution >= 0.6 is 0 Å². The third-order valence-electron chi connectivity index (χ3n) is 3.94. The van der Waals surface area contributed by atoms with Gasteiger partial charge in [0.2, 0.25) is 5.91 Å². The third kappa shape index (κ3) is 3.61. The maximum absolute atomic E-state index is 12.2. The van der Waals surface area contributed by atoms with Crippen LogP contribution in [0.15, 0.2) is 22.8 Å². The Kier molecular flexibility index (Phi) is 5.19. The molecular formula is C15H21N3O2. The van der Waals surface area contributed by atoms with Crippen LogP contribution in [0.1, 0.15) is 38.4 Å². The SMILES string of the molecule is CC(C(=O)NCc1ccco1)N(CC#N)C1CCCC1. The van der Waals surface area contributed by atoms with Crippen LogP contribution in [-0.2, 0) is 11.3 Å². The van der Waals surface area contributed by atoms with E-state index in [2.05, 4.69) is 11.4 Å². The van der Waals surface area contributed by atoms with Gasteiger partial charge in [0.15, 0.2) is 0 Å². The Bertz CT molecular complexity index is 458. The van der Waals surface area contributed by atoms with Gasteiger partial charge in [-0.25, -0.2) is 0 Å². The fraction of sp³-hybridized carbons (Fsp3) is 0.600. The molecule has 0 aromatic carbocycles. The van der Waals surface area contributed by atoms with E-state index in [4.69, 9.17) is 9.68 Å². The van der Waals surface area contributed by atoms with E-state index in [0.29, 0.717) is 19.1 Å². The van der Waals surface area contributed by atoms with Gasteiger partial charge in [0.1, 0.15) is 5.76 Å². The molecule has 1 fully saturated rings. The van der Waals surface area contributed by atoms with E-state index < -0.39 is 0 Å². The summed E-state index contributed by atoms with van der Waals surface area (Å²) in [6, 6.07) is 5.88. The number of carbonyl (C=O) groups excluding carboxylic acids is 1. The van der Waals surface area contributed by atoms with Crippen molar-refractivity contribution in [1.82, 2.24) is 10.2 Å². The van der Waals surface area contributed by atoms with Gasteiger partial charge in [-0.1, -0.05) is 12.8 Å². The Morgan fingerprint density at radius 1 is 1.60 bits per heavy atom. The molecule has 1 heterocycles. The lowest BCUT2D eigenvalue weighted by molar-refractivity contribution is -0.126. The fourth-order valence-corrected chi connectivity index (χ4v) is 2.79. The average molecular weight is 275 g/mol. The lowest BCUT2D eigenvalue weighted by Gasteiger charge is -2.31. The number of rotatable bonds is 6. The van der Waals surface area contributed by atoms with Crippen molar-refractivity contribution >= 4 is 5.91 Å². The van der Waals surface area contributed by atoms with Crippen LogP contribution in [0.5, 0.6) is 0 Å². The van der Waals surface area contributed by atoms with Crippen LogP contribution in [0.2, 0.25) is 0 Å². The number of furan rings is 1. The highest BCUT2D eigenvalue weighted by atomic mass is 16.3. The molecule has 1 atom stereocenters. The molecule has 0 radical (unpaired) electrons. The van der Waals surface area contributed by atoms with Crippen LogP contribution in [0.3, 0.4) is 0 Å². The van der Waals surface area contributed by atoms with Crippen molar-refractivity contribution in [3.63, 3.8) is 0 Å². The first kappa shape index (κ1) is 14.6. The minimum atomic E-state index is -0.285. The minimum Gasteiger partial charge on any atom is -0.467 e. The smallest absolute Gasteiger partial charge is 0.237 e. The molecule has 5 heteroatoms. The summed E-state index contributed by atoms with van der Waals surface area (Å²) in [5.41, 5.74) is 0. The summed E-state index contributed by atoms with van der Waals surface area (Å²) in [7, 11) is 0. The molecule has 1 saturated carbocycles. The van der Waals surface area contributed by atoms with E-state index in [1.165, 1.54) is 12.8 Å². The van der Waals surface area contributed by atoms with Gasteiger partial charge in [0, 0.05) is 6.04 Å². The van der Waals surface area contributed by atoms with Gasteiger partial charge in [-0.05, 0) is 31.9 Å². The van der Waals surface area contributed by atoms with E-state index in [1.807, 2.05) is 17.9 Å². The normalized spacial score (nSPS) is 17.1. The Balaban J connectivity index is 1.90. The van der Waals surface area contributed by atoms with Crippen LogP contribution in [0.4, 0.5) is 0 Å². The summed E-state index contributed by atoms with van der Waals surface area (Å²) in [4.78, 5) is 14.2. The summed E-state index contributed by atoms with van der Waals surface area (Å²) in [6.45, 7) is 2.56. The molecular weight excluding hydrogens is 254 g/mol. The Morgan fingerprint density at radius 3 is 2.95 bits per heavy atom. The van der Waals surface area contributed by atoms with Gasteiger partial charge in [-0.2, -0.15) is 5.26 Å². The molecule has 0 bridgehead atoms. The maximum atomic E-state index is 12.2. The molecule has 1 aliphatic rings. The van der Waals surface area contributed by atoms with Gasteiger partial charge in [0.25, 0.3) is 0 Å². The van der Waals surface area contributed by atoms with Crippen molar-refractivity contribution in [3.8, 4) is 6.07 Å². The molecule has 1 aromatic heterocycles. The standard InChI is InChI=1S/C15H21N3O2/c1-12(15(19)17-11-14-7-4-10-20-14)18(9-8-16)13-5-2-3-6-13/h4,7,10,12-13H,2-3,5-6,9,11H2,1H3,(H,17,19). The topological polar surface area (TPSA) is 69.3 Å². The van der Waals surface area contributed by atoms with Gasteiger partial charge in [-0.15, -0.1) is 0 Å². The van der Waals surface area contributed by atoms with Crippen molar-refractivity contribution in [2.75, 3.05) is 6.54 Å². The Labute approximate surface area is 119 Å². The maximum Gasteiger partial charge on any atom is 0.237 e. The first-order valence-electron chi connectivity index (χ1n) is 7.15. The molecule has 0 aliphatic heterocycles. The van der Waals surface area contributed by atoms with E-state index in [0.717, 1.165) is 18.6 Å². The summed E-state index contributed by atoms with van der Waals surface area (Å²) < 4.78 is 5.19. The first-order valence-corrected chi connectivity index (χ1v) is 7.15. The second-order valence-electron chi connectivity index (χ2n) is 5.24. The van der Waals surface area contributed by atoms with Crippen LogP contribution < -0.4 is 5.32 Å². The summed E-state index contributed by atoms with van der Waals surface area (Å²) in [5.74, 6) is 0.682. The zero-order chi connectivity index (χ0) is 14.4. The Hall–Kier alpha value is -1.80. The average Bonchev–Trinajstić information content (AvgIpc) is 3.13. The summed E-state index contributed by atoms with van der Waals surface area (Å²) in [6.07, 6.45) is 6.13. The van der Waals surface area contributed by atoms with Gasteiger partial charge < -0.3 is 9.73 Å². The van der Waals surface area contributed by atoms with E-state index in [9.17, 15) is 4.79 Å². The number of carbonyl (C=O) groups is 1. The minimum absolute atomic E-state index is 0.0523. The summed E-state index contributed by atoms with van der Waals surface area (Å²) in [5, 5.41) is 11.8. The molecule has 1 unspecified atom stereocenters. The van der Waals surface area contributed by atoms with E-state index in [1.54, 1.807) is 12.3 Å². The highest BCUT2D eigenvalue weighted by Crippen LogP contribution is 2.24. The molecule has 1 N–H and O–H groups in total. The predicted molar refractivity (Wildman–Crippen MR) is 74.6 cm³/mol. The van der Waals surface area contributed by atoms with Crippen LogP contribution in [0, 0.1) is 11.3 Å². The van der Waals surface area contributed by atoms with Crippen molar-refractivity contribution in [2.24, 2.45) is 0 Å². The van der Waals surface area contributed by atoms with Crippen molar-refractivity contribution in [3.05, 3.63) is 24.2 Å². The van der Waals surface area contributed by atoms with Gasteiger partial charge in [0.05, 0.1) is 31.5 Å². The second kappa shape index (κ2) is 7.11. The molecule has 2 rings (SSSR count). The van der Waals surface area contributed by atoms with Crippen LogP contribution in [0.25, 0.3) is 0 Å². The van der Waals surface area contributed by atoms with Crippen molar-refractivity contribution in [2.45, 2.75) is 51.2 Å². The molecule has 0 spiro atoms. The Morgan fingerprint density at radius 2 is 2.35 bits per heavy atom. The molecule has 108 valence electrons. The highest BCUT2D eigenvalue weighted by Gasteiger charge is 2.29. The third-order valence-corrected chi connectivity index (χ3v) is 3.94. The number of nitrogens with one attached hydrogen (secondary N) is 1. The van der Waals surface area contributed by atoms with E-state index >= 15 is 0 Å². The fourth-order valence-electron chi connectivity index (χ4n) is 2.79. The lowest BCUT2D eigenvalue weighted by Crippen LogP contribution is -2.49. The van der Waals surface area contributed by atoms with Crippen molar-refractivity contribution < 1.29 is 9.21 Å². The number of nitriles is 1. The lowest BCUT2D eigenvalue weighted by atomic mass is 10.1. The van der Waals surface area contributed by atoms with Crippen molar-refractivity contribution in [1.29, 1.82) is 5.26 Å². The number of hydrogen-bond acceptors (Lipinski definition) is 4. The second-order valence-corrected chi connectivity index (χ2v) is 5.24. The quantitative estimate of drug-likeness (QED) is 0.807. The molecule has 1 aliphatic carbocycles. The zero-order valence-electron chi connectivity index (χ0n) is 11.8. The molecule has 5 nitrogen and oxygen atoms in total. The molecule has 0 saturated heterocycles. The molecule has 1 amide bonds. The predicted octanol–water partition coefficient (Wildman–Crippen LogP) is 2.05. The largest absolute Gasteiger partial charge is 0.467 e. The van der Waals surface area contributed by atoms with Crippen LogP contribution in [-0.4, -0.2) is 29.4 Å². The van der Waals surface area contributed by atoms with E-state index in [-0.39, 0.29) is 11.9 Å². The van der Waals surface area contributed by atoms with Gasteiger partial charge >= 0.3 is 0 Å². The first-order chi connectivity index (χ1) is 9.72. The number of amides is 1. The zero-order valence-corrected chi connectivity index (χ0v) is 11.8. The summed E-state index contributed by atoms with van der Waals surface area (Å²) >= 11 is 0.